The van der Waals surface area contributed by atoms with Crippen molar-refractivity contribution in [2.24, 2.45) is 0 Å². The molecule has 2 aromatic rings. The van der Waals surface area contributed by atoms with Gasteiger partial charge >= 0.3 is 0 Å². The van der Waals surface area contributed by atoms with Gasteiger partial charge in [-0.15, -0.1) is 0 Å². The zero-order chi connectivity index (χ0) is 11.4. The van der Waals surface area contributed by atoms with Crippen molar-refractivity contribution in [1.29, 1.82) is 0 Å². The molecule has 4 nitrogen and oxygen atoms in total. The first-order valence-corrected chi connectivity index (χ1v) is 5.07. The molecule has 0 saturated heterocycles. The van der Waals surface area contributed by atoms with Gasteiger partial charge in [-0.3, -0.25) is 9.78 Å². The van der Waals surface area contributed by atoms with Gasteiger partial charge in [0.15, 0.2) is 0 Å². The Morgan fingerprint density at radius 3 is 3.06 bits per heavy atom. The Hall–Kier alpha value is -2.10. The first kappa shape index (κ1) is 10.4. The lowest BCUT2D eigenvalue weighted by atomic mass is 10.2. The minimum atomic E-state index is -0.0996. The summed E-state index contributed by atoms with van der Waals surface area (Å²) in [5.74, 6) is -0.0996. The van der Waals surface area contributed by atoms with E-state index in [1.54, 1.807) is 12.4 Å². The third-order valence-electron chi connectivity index (χ3n) is 2.25. The molecule has 0 fully saturated rings. The summed E-state index contributed by atoms with van der Waals surface area (Å²) in [4.78, 5) is 18.7. The van der Waals surface area contributed by atoms with Gasteiger partial charge in [-0.25, -0.2) is 0 Å². The van der Waals surface area contributed by atoms with Crippen LogP contribution in [0.2, 0.25) is 0 Å². The minimum Gasteiger partial charge on any atom is -0.367 e. The summed E-state index contributed by atoms with van der Waals surface area (Å²) in [5, 5.41) is 2.83. The van der Waals surface area contributed by atoms with E-state index in [-0.39, 0.29) is 5.91 Å². The maximum absolute atomic E-state index is 11.7. The highest BCUT2D eigenvalue weighted by Gasteiger charge is 2.05. The number of amides is 1. The normalized spacial score (nSPS) is 10.1. The van der Waals surface area contributed by atoms with Crippen LogP contribution in [-0.4, -0.2) is 15.9 Å². The second kappa shape index (κ2) is 4.61. The van der Waals surface area contributed by atoms with E-state index < -0.39 is 0 Å². The quantitative estimate of drug-likeness (QED) is 0.817. The van der Waals surface area contributed by atoms with Gasteiger partial charge in [0.25, 0.3) is 5.91 Å². The van der Waals surface area contributed by atoms with Gasteiger partial charge in [0.1, 0.15) is 0 Å². The van der Waals surface area contributed by atoms with Gasteiger partial charge in [0, 0.05) is 31.3 Å². The summed E-state index contributed by atoms with van der Waals surface area (Å²) in [5.41, 5.74) is 2.62. The number of nitrogens with zero attached hydrogens (tertiary/aromatic N) is 1. The standard InChI is InChI=1S/C12H13N3O/c1-9-4-11(8-14-5-9)12(16)15-7-10-2-3-13-6-10/h2-6,8,13H,7H2,1H3,(H,15,16). The van der Waals surface area contributed by atoms with Crippen LogP contribution in [-0.2, 0) is 6.54 Å². The fraction of sp³-hybridized carbons (Fsp3) is 0.167. The van der Waals surface area contributed by atoms with Crippen LogP contribution >= 0.6 is 0 Å². The lowest BCUT2D eigenvalue weighted by Crippen LogP contribution is -2.22. The smallest absolute Gasteiger partial charge is 0.253 e. The first-order valence-electron chi connectivity index (χ1n) is 5.07. The van der Waals surface area contributed by atoms with E-state index in [2.05, 4.69) is 15.3 Å². The van der Waals surface area contributed by atoms with Crippen LogP contribution in [0.25, 0.3) is 0 Å². The number of hydrogen-bond donors (Lipinski definition) is 2. The molecule has 2 N–H and O–H groups in total. The van der Waals surface area contributed by atoms with Gasteiger partial charge < -0.3 is 10.3 Å². The summed E-state index contributed by atoms with van der Waals surface area (Å²) in [6.07, 6.45) is 6.98. The van der Waals surface area contributed by atoms with E-state index in [0.29, 0.717) is 12.1 Å². The molecule has 0 atom stereocenters. The third kappa shape index (κ3) is 2.48. The van der Waals surface area contributed by atoms with Gasteiger partial charge in [-0.05, 0) is 30.2 Å². The molecule has 2 rings (SSSR count). The predicted octanol–water partition coefficient (Wildman–Crippen LogP) is 1.65. The second-order valence-electron chi connectivity index (χ2n) is 3.65. The van der Waals surface area contributed by atoms with Crippen LogP contribution in [0.5, 0.6) is 0 Å². The highest BCUT2D eigenvalue weighted by Crippen LogP contribution is 2.02. The summed E-state index contributed by atoms with van der Waals surface area (Å²) in [6, 6.07) is 3.74. The Bertz CT molecular complexity index is 477. The predicted molar refractivity (Wildman–Crippen MR) is 60.9 cm³/mol. The van der Waals surface area contributed by atoms with Crippen molar-refractivity contribution in [3.63, 3.8) is 0 Å². The minimum absolute atomic E-state index is 0.0996. The van der Waals surface area contributed by atoms with E-state index in [0.717, 1.165) is 11.1 Å². The van der Waals surface area contributed by atoms with E-state index in [1.807, 2.05) is 31.5 Å². The lowest BCUT2D eigenvalue weighted by Gasteiger charge is -2.03. The Morgan fingerprint density at radius 1 is 1.50 bits per heavy atom. The van der Waals surface area contributed by atoms with Gasteiger partial charge in [0.2, 0.25) is 0 Å². The fourth-order valence-corrected chi connectivity index (χ4v) is 1.43. The lowest BCUT2D eigenvalue weighted by molar-refractivity contribution is 0.0950. The topological polar surface area (TPSA) is 57.8 Å². The van der Waals surface area contributed by atoms with Crippen LogP contribution in [0.1, 0.15) is 21.5 Å². The molecule has 0 unspecified atom stereocenters. The first-order chi connectivity index (χ1) is 7.75. The molecule has 4 heteroatoms. The van der Waals surface area contributed by atoms with Crippen LogP contribution in [0.15, 0.2) is 36.9 Å². The van der Waals surface area contributed by atoms with E-state index in [9.17, 15) is 4.79 Å². The highest BCUT2D eigenvalue weighted by molar-refractivity contribution is 5.93. The van der Waals surface area contributed by atoms with Gasteiger partial charge in [0.05, 0.1) is 5.56 Å². The van der Waals surface area contributed by atoms with Crippen molar-refractivity contribution in [2.75, 3.05) is 0 Å². The molecule has 16 heavy (non-hydrogen) atoms. The number of pyridine rings is 1. The molecule has 0 aliphatic heterocycles. The molecule has 2 heterocycles. The zero-order valence-electron chi connectivity index (χ0n) is 9.03. The molecule has 0 spiro atoms. The van der Waals surface area contributed by atoms with Gasteiger partial charge in [-0.1, -0.05) is 0 Å². The van der Waals surface area contributed by atoms with Crippen molar-refractivity contribution in [2.45, 2.75) is 13.5 Å². The second-order valence-corrected chi connectivity index (χ2v) is 3.65. The number of carbonyl (C=O) groups excluding carboxylic acids is 1. The molecule has 0 aromatic carbocycles. The average molecular weight is 215 g/mol. The Morgan fingerprint density at radius 2 is 2.38 bits per heavy atom. The summed E-state index contributed by atoms with van der Waals surface area (Å²) >= 11 is 0. The van der Waals surface area contributed by atoms with Crippen molar-refractivity contribution < 1.29 is 4.79 Å². The Kier molecular flexibility index (Phi) is 3.00. The van der Waals surface area contributed by atoms with Crippen LogP contribution in [0, 0.1) is 6.92 Å². The number of aryl methyl sites for hydroxylation is 1. The average Bonchev–Trinajstić information content (AvgIpc) is 2.78. The maximum Gasteiger partial charge on any atom is 0.253 e. The maximum atomic E-state index is 11.7. The molecule has 0 radical (unpaired) electrons. The number of carbonyl (C=O) groups is 1. The van der Waals surface area contributed by atoms with Crippen molar-refractivity contribution in [3.8, 4) is 0 Å². The van der Waals surface area contributed by atoms with Crippen LogP contribution in [0.4, 0.5) is 0 Å². The van der Waals surface area contributed by atoms with Gasteiger partial charge in [-0.2, -0.15) is 0 Å². The number of aromatic nitrogens is 2. The molecule has 0 saturated carbocycles. The van der Waals surface area contributed by atoms with Crippen LogP contribution in [0.3, 0.4) is 0 Å². The SMILES string of the molecule is Cc1cncc(C(=O)NCc2cc[nH]c2)c1. The molecule has 0 aliphatic rings. The molecular weight excluding hydrogens is 202 g/mol. The number of H-pyrrole nitrogens is 1. The molecule has 82 valence electrons. The monoisotopic (exact) mass is 215 g/mol. The van der Waals surface area contributed by atoms with E-state index >= 15 is 0 Å². The third-order valence-corrected chi connectivity index (χ3v) is 2.25. The van der Waals surface area contributed by atoms with E-state index in [1.165, 1.54) is 0 Å². The summed E-state index contributed by atoms with van der Waals surface area (Å²) in [7, 11) is 0. The number of nitrogens with one attached hydrogen (secondary N) is 2. The van der Waals surface area contributed by atoms with Crippen molar-refractivity contribution >= 4 is 5.91 Å². The fourth-order valence-electron chi connectivity index (χ4n) is 1.43. The summed E-state index contributed by atoms with van der Waals surface area (Å²) in [6.45, 7) is 2.44. The van der Waals surface area contributed by atoms with E-state index in [4.69, 9.17) is 0 Å². The number of hydrogen-bond acceptors (Lipinski definition) is 2. The molecule has 0 bridgehead atoms. The number of aromatic amines is 1. The Labute approximate surface area is 93.7 Å². The van der Waals surface area contributed by atoms with Crippen molar-refractivity contribution in [1.82, 2.24) is 15.3 Å². The molecular formula is C12H13N3O. The zero-order valence-corrected chi connectivity index (χ0v) is 9.03. The van der Waals surface area contributed by atoms with Crippen LogP contribution < -0.4 is 5.32 Å². The Balaban J connectivity index is 1.98. The summed E-state index contributed by atoms with van der Waals surface area (Å²) < 4.78 is 0. The van der Waals surface area contributed by atoms with Crippen molar-refractivity contribution in [3.05, 3.63) is 53.6 Å². The molecule has 0 aliphatic carbocycles. The molecule has 1 amide bonds. The highest BCUT2D eigenvalue weighted by atomic mass is 16.1. The number of rotatable bonds is 3. The largest absolute Gasteiger partial charge is 0.367 e. The molecule has 2 aromatic heterocycles.